The third kappa shape index (κ3) is 2.86. The Morgan fingerprint density at radius 3 is 3.23 bits per heavy atom. The van der Waals surface area contributed by atoms with Gasteiger partial charge in [0.2, 0.25) is 0 Å². The number of aryl methyl sites for hydroxylation is 1. The number of fused-ring (bicyclic) bond motifs is 1. The van der Waals surface area contributed by atoms with Crippen LogP contribution < -0.4 is 0 Å². The Hall–Kier alpha value is -2.61. The summed E-state index contributed by atoms with van der Waals surface area (Å²) in [5, 5.41) is 8.93. The maximum Gasteiger partial charge on any atom is 0.253 e. The van der Waals surface area contributed by atoms with Crippen LogP contribution in [0.25, 0.3) is 0 Å². The van der Waals surface area contributed by atoms with Crippen molar-refractivity contribution in [2.75, 3.05) is 13.6 Å². The Balaban J connectivity index is 1.66. The lowest BCUT2D eigenvalue weighted by Gasteiger charge is -2.28. The third-order valence-corrected chi connectivity index (χ3v) is 4.15. The molecular weight excluding hydrogens is 276 g/mol. The van der Waals surface area contributed by atoms with E-state index in [-0.39, 0.29) is 5.91 Å². The van der Waals surface area contributed by atoms with E-state index in [2.05, 4.69) is 15.6 Å². The van der Waals surface area contributed by atoms with Crippen LogP contribution in [-0.4, -0.2) is 34.0 Å². The first kappa shape index (κ1) is 14.3. The molecule has 0 bridgehead atoms. The van der Waals surface area contributed by atoms with Gasteiger partial charge in [0.15, 0.2) is 0 Å². The number of carbonyl (C=O) groups excluding carboxylic acids is 1. The van der Waals surface area contributed by atoms with Gasteiger partial charge in [-0.15, -0.1) is 0 Å². The van der Waals surface area contributed by atoms with Crippen LogP contribution in [0.3, 0.4) is 0 Å². The lowest BCUT2D eigenvalue weighted by Crippen LogP contribution is -2.35. The molecule has 5 heteroatoms. The van der Waals surface area contributed by atoms with Gasteiger partial charge in [-0.25, -0.2) is 4.98 Å². The van der Waals surface area contributed by atoms with Crippen LogP contribution in [-0.2, 0) is 13.0 Å². The largest absolute Gasteiger partial charge is 0.341 e. The van der Waals surface area contributed by atoms with Gasteiger partial charge in [-0.05, 0) is 30.5 Å². The van der Waals surface area contributed by atoms with Gasteiger partial charge in [0.25, 0.3) is 5.91 Å². The molecule has 1 aliphatic rings. The predicted molar refractivity (Wildman–Crippen MR) is 82.2 cm³/mol. The predicted octanol–water partition coefficient (Wildman–Crippen LogP) is 2.09. The van der Waals surface area contributed by atoms with Crippen molar-refractivity contribution in [2.24, 2.45) is 5.92 Å². The van der Waals surface area contributed by atoms with Gasteiger partial charge in [0.1, 0.15) is 5.82 Å². The van der Waals surface area contributed by atoms with Gasteiger partial charge < -0.3 is 9.47 Å². The van der Waals surface area contributed by atoms with Crippen molar-refractivity contribution in [3.63, 3.8) is 0 Å². The highest BCUT2D eigenvalue weighted by Gasteiger charge is 2.22. The van der Waals surface area contributed by atoms with Crippen molar-refractivity contribution in [1.82, 2.24) is 14.5 Å². The second kappa shape index (κ2) is 6.02. The summed E-state index contributed by atoms with van der Waals surface area (Å²) in [7, 11) is 1.82. The highest BCUT2D eigenvalue weighted by atomic mass is 16.2. The molecule has 3 rings (SSSR count). The molecule has 1 unspecified atom stereocenters. The molecular formula is C17H18N4O. The van der Waals surface area contributed by atoms with Gasteiger partial charge in [-0.1, -0.05) is 6.07 Å². The Kier molecular flexibility index (Phi) is 3.92. The standard InChI is InChI=1S/C17H18N4O/c1-20(17(22)15-4-2-3-13(9-15)10-18)11-14-5-6-16-19-7-8-21(16)12-14/h2-4,7-9,14H,5-6,11-12H2,1H3. The van der Waals surface area contributed by atoms with Gasteiger partial charge in [0.05, 0.1) is 11.6 Å². The lowest BCUT2D eigenvalue weighted by atomic mass is 9.98. The van der Waals surface area contributed by atoms with Crippen LogP contribution in [0.5, 0.6) is 0 Å². The van der Waals surface area contributed by atoms with Crippen molar-refractivity contribution in [3.8, 4) is 6.07 Å². The molecule has 0 saturated heterocycles. The molecule has 1 aromatic carbocycles. The smallest absolute Gasteiger partial charge is 0.253 e. The number of rotatable bonds is 3. The summed E-state index contributed by atoms with van der Waals surface area (Å²) in [6, 6.07) is 8.93. The van der Waals surface area contributed by atoms with E-state index in [1.165, 1.54) is 0 Å². The Morgan fingerprint density at radius 1 is 1.55 bits per heavy atom. The third-order valence-electron chi connectivity index (χ3n) is 4.15. The number of nitrogens with zero attached hydrogens (tertiary/aromatic N) is 4. The van der Waals surface area contributed by atoms with Gasteiger partial charge in [0, 0.05) is 44.5 Å². The summed E-state index contributed by atoms with van der Waals surface area (Å²) in [4.78, 5) is 18.6. The number of hydrogen-bond donors (Lipinski definition) is 0. The van der Waals surface area contributed by atoms with E-state index in [1.54, 1.807) is 29.2 Å². The van der Waals surface area contributed by atoms with Crippen LogP contribution in [0.1, 0.15) is 28.2 Å². The minimum absolute atomic E-state index is 0.0338. The van der Waals surface area contributed by atoms with E-state index >= 15 is 0 Å². The monoisotopic (exact) mass is 294 g/mol. The summed E-state index contributed by atoms with van der Waals surface area (Å²) in [5.74, 6) is 1.54. The summed E-state index contributed by atoms with van der Waals surface area (Å²) in [6.45, 7) is 1.62. The van der Waals surface area contributed by atoms with Crippen LogP contribution in [0.2, 0.25) is 0 Å². The molecule has 2 aromatic rings. The summed E-state index contributed by atoms with van der Waals surface area (Å²) in [5.41, 5.74) is 1.08. The van der Waals surface area contributed by atoms with Crippen molar-refractivity contribution < 1.29 is 4.79 Å². The quantitative estimate of drug-likeness (QED) is 0.871. The van der Waals surface area contributed by atoms with E-state index in [1.807, 2.05) is 19.4 Å². The molecule has 0 radical (unpaired) electrons. The molecule has 1 amide bonds. The van der Waals surface area contributed by atoms with Crippen LogP contribution in [0.15, 0.2) is 36.7 Å². The Labute approximate surface area is 129 Å². The first-order valence-electron chi connectivity index (χ1n) is 7.43. The fourth-order valence-corrected chi connectivity index (χ4v) is 3.00. The van der Waals surface area contributed by atoms with E-state index < -0.39 is 0 Å². The number of aromatic nitrogens is 2. The number of carbonyl (C=O) groups is 1. The second-order valence-corrected chi connectivity index (χ2v) is 5.78. The minimum atomic E-state index is -0.0338. The zero-order chi connectivity index (χ0) is 15.5. The number of imidazole rings is 1. The average Bonchev–Trinajstić information content (AvgIpc) is 3.01. The topological polar surface area (TPSA) is 61.9 Å². The number of amides is 1. The SMILES string of the molecule is CN(CC1CCc2nccn2C1)C(=O)c1cccc(C#N)c1. The van der Waals surface area contributed by atoms with E-state index in [0.29, 0.717) is 23.6 Å². The zero-order valence-corrected chi connectivity index (χ0v) is 12.6. The highest BCUT2D eigenvalue weighted by Crippen LogP contribution is 2.20. The molecule has 22 heavy (non-hydrogen) atoms. The van der Waals surface area contributed by atoms with Crippen molar-refractivity contribution in [1.29, 1.82) is 5.26 Å². The maximum absolute atomic E-state index is 12.5. The first-order valence-corrected chi connectivity index (χ1v) is 7.43. The van der Waals surface area contributed by atoms with Crippen molar-refractivity contribution in [3.05, 3.63) is 53.6 Å². The fourth-order valence-electron chi connectivity index (χ4n) is 3.00. The molecule has 1 atom stereocenters. The van der Waals surface area contributed by atoms with Crippen molar-refractivity contribution >= 4 is 5.91 Å². The Morgan fingerprint density at radius 2 is 2.41 bits per heavy atom. The molecule has 1 aromatic heterocycles. The van der Waals surface area contributed by atoms with E-state index in [0.717, 1.165) is 25.2 Å². The maximum atomic E-state index is 12.5. The van der Waals surface area contributed by atoms with E-state index in [4.69, 9.17) is 5.26 Å². The average molecular weight is 294 g/mol. The molecule has 0 spiro atoms. The normalized spacial score (nSPS) is 16.6. The molecule has 0 N–H and O–H groups in total. The number of nitriles is 1. The van der Waals surface area contributed by atoms with Gasteiger partial charge in [-0.2, -0.15) is 5.26 Å². The Bertz CT molecular complexity index is 728. The molecule has 5 nitrogen and oxygen atoms in total. The summed E-state index contributed by atoms with van der Waals surface area (Å²) >= 11 is 0. The molecule has 1 aliphatic heterocycles. The second-order valence-electron chi connectivity index (χ2n) is 5.78. The fraction of sp³-hybridized carbons (Fsp3) is 0.353. The molecule has 0 fully saturated rings. The first-order chi connectivity index (χ1) is 10.7. The summed E-state index contributed by atoms with van der Waals surface area (Å²) < 4.78 is 2.17. The van der Waals surface area contributed by atoms with Crippen LogP contribution in [0.4, 0.5) is 0 Å². The summed E-state index contributed by atoms with van der Waals surface area (Å²) in [6.07, 6.45) is 5.84. The lowest BCUT2D eigenvalue weighted by molar-refractivity contribution is 0.0760. The van der Waals surface area contributed by atoms with Crippen LogP contribution >= 0.6 is 0 Å². The van der Waals surface area contributed by atoms with Gasteiger partial charge in [-0.3, -0.25) is 4.79 Å². The van der Waals surface area contributed by atoms with Gasteiger partial charge >= 0.3 is 0 Å². The molecule has 112 valence electrons. The van der Waals surface area contributed by atoms with Crippen LogP contribution in [0, 0.1) is 17.2 Å². The number of hydrogen-bond acceptors (Lipinski definition) is 3. The highest BCUT2D eigenvalue weighted by molar-refractivity contribution is 5.94. The van der Waals surface area contributed by atoms with Crippen molar-refractivity contribution in [2.45, 2.75) is 19.4 Å². The zero-order valence-electron chi connectivity index (χ0n) is 12.6. The molecule has 0 aliphatic carbocycles. The minimum Gasteiger partial charge on any atom is -0.341 e. The molecule has 2 heterocycles. The number of benzene rings is 1. The molecule has 0 saturated carbocycles. The van der Waals surface area contributed by atoms with E-state index in [9.17, 15) is 4.79 Å².